The molecule has 0 saturated heterocycles. The Bertz CT molecular complexity index is 361. The zero-order chi connectivity index (χ0) is 10.8. The molecule has 0 aliphatic heterocycles. The highest BCUT2D eigenvalue weighted by Crippen LogP contribution is 2.26. The number of halogens is 2. The van der Waals surface area contributed by atoms with Gasteiger partial charge in [-0.25, -0.2) is 4.39 Å². The lowest BCUT2D eigenvalue weighted by Gasteiger charge is -2.10. The second-order valence-electron chi connectivity index (χ2n) is 3.70. The highest BCUT2D eigenvalue weighted by atomic mass is 79.9. The molecule has 1 atom stereocenters. The van der Waals surface area contributed by atoms with Crippen LogP contribution in [0.3, 0.4) is 0 Å². The van der Waals surface area contributed by atoms with E-state index in [2.05, 4.69) is 21.2 Å². The predicted octanol–water partition coefficient (Wildman–Crippen LogP) is 2.54. The van der Waals surface area contributed by atoms with Gasteiger partial charge < -0.3 is 5.32 Å². The zero-order valence-corrected chi connectivity index (χ0v) is 9.63. The van der Waals surface area contributed by atoms with E-state index in [9.17, 15) is 9.18 Å². The second kappa shape index (κ2) is 4.31. The SMILES string of the molecule is O=C(NC1CC1)[C@@H](Br)c1ccc(F)cc1. The summed E-state index contributed by atoms with van der Waals surface area (Å²) in [5, 5.41) is 2.89. The molecule has 4 heteroatoms. The lowest BCUT2D eigenvalue weighted by Crippen LogP contribution is -2.28. The van der Waals surface area contributed by atoms with Gasteiger partial charge in [0.2, 0.25) is 5.91 Å². The van der Waals surface area contributed by atoms with Crippen LogP contribution in [0.2, 0.25) is 0 Å². The molecule has 0 radical (unpaired) electrons. The van der Waals surface area contributed by atoms with Gasteiger partial charge in [-0.2, -0.15) is 0 Å². The van der Waals surface area contributed by atoms with Crippen LogP contribution < -0.4 is 5.32 Å². The number of hydrogen-bond acceptors (Lipinski definition) is 1. The summed E-state index contributed by atoms with van der Waals surface area (Å²) in [6.45, 7) is 0. The summed E-state index contributed by atoms with van der Waals surface area (Å²) < 4.78 is 12.7. The molecule has 1 amide bonds. The molecule has 1 aromatic rings. The molecule has 80 valence electrons. The predicted molar refractivity (Wildman–Crippen MR) is 59.2 cm³/mol. The Morgan fingerprint density at radius 2 is 2.00 bits per heavy atom. The number of hydrogen-bond donors (Lipinski definition) is 1. The van der Waals surface area contributed by atoms with Crippen LogP contribution in [0, 0.1) is 5.82 Å². The Labute approximate surface area is 96.0 Å². The number of carbonyl (C=O) groups excluding carboxylic acids is 1. The van der Waals surface area contributed by atoms with E-state index < -0.39 is 4.83 Å². The van der Waals surface area contributed by atoms with Crippen LogP contribution in [0.25, 0.3) is 0 Å². The minimum atomic E-state index is -0.390. The fourth-order valence-corrected chi connectivity index (χ4v) is 1.72. The lowest BCUT2D eigenvalue weighted by atomic mass is 10.1. The summed E-state index contributed by atoms with van der Waals surface area (Å²) in [5.41, 5.74) is 0.773. The zero-order valence-electron chi connectivity index (χ0n) is 8.04. The maximum Gasteiger partial charge on any atom is 0.238 e. The summed E-state index contributed by atoms with van der Waals surface area (Å²) in [6, 6.07) is 6.28. The number of amides is 1. The minimum Gasteiger partial charge on any atom is -0.352 e. The molecular weight excluding hydrogens is 261 g/mol. The van der Waals surface area contributed by atoms with E-state index in [0.29, 0.717) is 6.04 Å². The molecule has 0 bridgehead atoms. The van der Waals surface area contributed by atoms with Gasteiger partial charge in [0, 0.05) is 6.04 Å². The number of nitrogens with one attached hydrogen (secondary N) is 1. The average Bonchev–Trinajstić information content (AvgIpc) is 3.02. The van der Waals surface area contributed by atoms with Gasteiger partial charge in [-0.1, -0.05) is 28.1 Å². The summed E-state index contributed by atoms with van der Waals surface area (Å²) in [7, 11) is 0. The van der Waals surface area contributed by atoms with Crippen LogP contribution in [-0.4, -0.2) is 11.9 Å². The fraction of sp³-hybridized carbons (Fsp3) is 0.364. The topological polar surface area (TPSA) is 29.1 Å². The van der Waals surface area contributed by atoms with Gasteiger partial charge in [-0.15, -0.1) is 0 Å². The molecule has 1 aliphatic carbocycles. The van der Waals surface area contributed by atoms with Crippen molar-refractivity contribution in [1.29, 1.82) is 0 Å². The third-order valence-electron chi connectivity index (χ3n) is 2.32. The molecule has 1 aromatic carbocycles. The smallest absolute Gasteiger partial charge is 0.238 e. The first-order valence-electron chi connectivity index (χ1n) is 4.87. The van der Waals surface area contributed by atoms with Crippen molar-refractivity contribution in [2.75, 3.05) is 0 Å². The van der Waals surface area contributed by atoms with Crippen molar-refractivity contribution in [2.24, 2.45) is 0 Å². The quantitative estimate of drug-likeness (QED) is 0.842. The van der Waals surface area contributed by atoms with Crippen LogP contribution in [0.1, 0.15) is 23.2 Å². The van der Waals surface area contributed by atoms with E-state index in [-0.39, 0.29) is 11.7 Å². The van der Waals surface area contributed by atoms with Crippen molar-refractivity contribution in [2.45, 2.75) is 23.7 Å². The number of benzene rings is 1. The van der Waals surface area contributed by atoms with Crippen LogP contribution in [-0.2, 0) is 4.79 Å². The van der Waals surface area contributed by atoms with E-state index in [1.807, 2.05) is 0 Å². The third kappa shape index (κ3) is 2.78. The number of rotatable bonds is 3. The van der Waals surface area contributed by atoms with Gasteiger partial charge in [-0.05, 0) is 30.5 Å². The standard InChI is InChI=1S/C11H11BrFNO/c12-10(11(15)14-9-5-6-9)7-1-3-8(13)4-2-7/h1-4,9-10H,5-6H2,(H,14,15)/t10-/m0/s1. The summed E-state index contributed by atoms with van der Waals surface area (Å²) >= 11 is 3.30. The van der Waals surface area contributed by atoms with Gasteiger partial charge in [-0.3, -0.25) is 4.79 Å². The van der Waals surface area contributed by atoms with Gasteiger partial charge in [0.15, 0.2) is 0 Å². The van der Waals surface area contributed by atoms with Crippen LogP contribution in [0.4, 0.5) is 4.39 Å². The average molecular weight is 272 g/mol. The molecule has 2 nitrogen and oxygen atoms in total. The molecular formula is C11H11BrFNO. The first-order chi connectivity index (χ1) is 7.16. The lowest BCUT2D eigenvalue weighted by molar-refractivity contribution is -0.120. The molecule has 2 rings (SSSR count). The summed E-state index contributed by atoms with van der Waals surface area (Å²) in [5.74, 6) is -0.342. The first kappa shape index (κ1) is 10.6. The molecule has 1 aliphatic rings. The highest BCUT2D eigenvalue weighted by molar-refractivity contribution is 9.09. The fourth-order valence-electron chi connectivity index (χ4n) is 1.29. The number of carbonyl (C=O) groups is 1. The van der Waals surface area contributed by atoms with Gasteiger partial charge in [0.25, 0.3) is 0 Å². The normalized spacial score (nSPS) is 17.2. The Morgan fingerprint density at radius 3 is 2.53 bits per heavy atom. The number of alkyl halides is 1. The highest BCUT2D eigenvalue weighted by Gasteiger charge is 2.26. The van der Waals surface area contributed by atoms with E-state index in [1.54, 1.807) is 12.1 Å². The molecule has 1 fully saturated rings. The van der Waals surface area contributed by atoms with Crippen molar-refractivity contribution in [3.8, 4) is 0 Å². The maximum atomic E-state index is 12.7. The molecule has 1 N–H and O–H groups in total. The molecule has 15 heavy (non-hydrogen) atoms. The molecule has 0 unspecified atom stereocenters. The molecule has 1 saturated carbocycles. The van der Waals surface area contributed by atoms with E-state index in [0.717, 1.165) is 18.4 Å². The van der Waals surface area contributed by atoms with Crippen LogP contribution in [0.5, 0.6) is 0 Å². The second-order valence-corrected chi connectivity index (χ2v) is 4.61. The van der Waals surface area contributed by atoms with Crippen molar-refractivity contribution in [3.63, 3.8) is 0 Å². The van der Waals surface area contributed by atoms with E-state index in [4.69, 9.17) is 0 Å². The first-order valence-corrected chi connectivity index (χ1v) is 5.78. The van der Waals surface area contributed by atoms with Crippen molar-refractivity contribution in [3.05, 3.63) is 35.6 Å². The minimum absolute atomic E-state index is 0.0518. The maximum absolute atomic E-state index is 12.7. The van der Waals surface area contributed by atoms with Gasteiger partial charge >= 0.3 is 0 Å². The van der Waals surface area contributed by atoms with Gasteiger partial charge in [0.1, 0.15) is 10.6 Å². The van der Waals surface area contributed by atoms with Gasteiger partial charge in [0.05, 0.1) is 0 Å². The summed E-state index contributed by atoms with van der Waals surface area (Å²) in [6.07, 6.45) is 2.13. The summed E-state index contributed by atoms with van der Waals surface area (Å²) in [4.78, 5) is 11.2. The molecule has 0 aromatic heterocycles. The Hall–Kier alpha value is -0.900. The molecule has 0 spiro atoms. The van der Waals surface area contributed by atoms with Crippen molar-refractivity contribution >= 4 is 21.8 Å². The molecule has 0 heterocycles. The Balaban J connectivity index is 2.02. The Morgan fingerprint density at radius 1 is 1.40 bits per heavy atom. The van der Waals surface area contributed by atoms with Crippen LogP contribution >= 0.6 is 15.9 Å². The largest absolute Gasteiger partial charge is 0.352 e. The van der Waals surface area contributed by atoms with Crippen molar-refractivity contribution < 1.29 is 9.18 Å². The monoisotopic (exact) mass is 271 g/mol. The van der Waals surface area contributed by atoms with E-state index in [1.165, 1.54) is 12.1 Å². The van der Waals surface area contributed by atoms with E-state index >= 15 is 0 Å². The third-order valence-corrected chi connectivity index (χ3v) is 3.26. The van der Waals surface area contributed by atoms with Crippen molar-refractivity contribution in [1.82, 2.24) is 5.32 Å². The Kier molecular flexibility index (Phi) is 3.05. The van der Waals surface area contributed by atoms with Crippen LogP contribution in [0.15, 0.2) is 24.3 Å².